The number of allylic oxidation sites excluding steroid dienone is 1. The molecule has 2 bridgehead atoms. The van der Waals surface area contributed by atoms with Gasteiger partial charge in [0.15, 0.2) is 0 Å². The van der Waals surface area contributed by atoms with Crippen LogP contribution in [0, 0.1) is 28.1 Å². The summed E-state index contributed by atoms with van der Waals surface area (Å²) in [5.74, 6) is 1.12. The van der Waals surface area contributed by atoms with Crippen molar-refractivity contribution in [2.24, 2.45) is 28.1 Å². The van der Waals surface area contributed by atoms with Crippen LogP contribution in [-0.4, -0.2) is 11.2 Å². The molecule has 1 nitrogen and oxygen atoms in total. The van der Waals surface area contributed by atoms with Crippen LogP contribution in [-0.2, 0) is 0 Å². The number of fused-ring (bicyclic) bond motifs is 3. The van der Waals surface area contributed by atoms with Crippen molar-refractivity contribution in [2.45, 2.75) is 71.8 Å². The molecule has 0 unspecified atom stereocenters. The van der Waals surface area contributed by atoms with Crippen LogP contribution in [0.4, 0.5) is 0 Å². The Morgan fingerprint density at radius 1 is 1.19 bits per heavy atom. The third-order valence-electron chi connectivity index (χ3n) is 7.78. The summed E-state index contributed by atoms with van der Waals surface area (Å²) in [5.41, 5.74) is 4.07. The number of aliphatic hydroxyl groups excluding tert-OH is 1. The number of rotatable bonds is 0. The highest BCUT2D eigenvalue weighted by Crippen LogP contribution is 2.70. The molecule has 0 aromatic carbocycles. The van der Waals surface area contributed by atoms with Crippen molar-refractivity contribution in [3.05, 3.63) is 23.8 Å². The van der Waals surface area contributed by atoms with Gasteiger partial charge in [-0.3, -0.25) is 0 Å². The summed E-state index contributed by atoms with van der Waals surface area (Å²) in [6.07, 6.45) is 11.0. The zero-order chi connectivity index (χ0) is 15.0. The molecule has 3 fully saturated rings. The molecular formula is C20H30O. The van der Waals surface area contributed by atoms with Gasteiger partial charge in [-0.2, -0.15) is 0 Å². The van der Waals surface area contributed by atoms with Crippen molar-refractivity contribution in [2.75, 3.05) is 0 Å². The summed E-state index contributed by atoms with van der Waals surface area (Å²) in [7, 11) is 0. The van der Waals surface area contributed by atoms with Crippen LogP contribution >= 0.6 is 0 Å². The first-order valence-electron chi connectivity index (χ1n) is 8.87. The monoisotopic (exact) mass is 286 g/mol. The Morgan fingerprint density at radius 2 is 1.95 bits per heavy atom. The molecular weight excluding hydrogens is 256 g/mol. The molecule has 4 aliphatic rings. The topological polar surface area (TPSA) is 20.2 Å². The zero-order valence-electron chi connectivity index (χ0n) is 13.9. The van der Waals surface area contributed by atoms with Crippen LogP contribution in [0.5, 0.6) is 0 Å². The summed E-state index contributed by atoms with van der Waals surface area (Å²) < 4.78 is 0. The van der Waals surface area contributed by atoms with E-state index >= 15 is 0 Å². The summed E-state index contributed by atoms with van der Waals surface area (Å²) in [6, 6.07) is 0. The minimum absolute atomic E-state index is 0.274. The largest absolute Gasteiger partial charge is 0.388 e. The van der Waals surface area contributed by atoms with E-state index in [0.717, 1.165) is 12.3 Å². The Balaban J connectivity index is 1.83. The van der Waals surface area contributed by atoms with Crippen molar-refractivity contribution in [1.82, 2.24) is 0 Å². The van der Waals surface area contributed by atoms with Crippen LogP contribution in [0.2, 0.25) is 0 Å². The SMILES string of the molecule is C=C1C[C@@]23CC[C@@H]4C(C)(C)CCC[C@@]4(C)C2=C[C@@H](O)[C@@H]1C3. The Kier molecular flexibility index (Phi) is 2.71. The molecule has 1 heteroatoms. The van der Waals surface area contributed by atoms with E-state index in [1.54, 1.807) is 5.57 Å². The van der Waals surface area contributed by atoms with Gasteiger partial charge in [0.25, 0.3) is 0 Å². The molecule has 5 atom stereocenters. The molecule has 0 aromatic rings. The average molecular weight is 286 g/mol. The normalized spacial score (nSPS) is 51.1. The summed E-state index contributed by atoms with van der Waals surface area (Å²) in [5, 5.41) is 10.6. The molecule has 0 aliphatic heterocycles. The van der Waals surface area contributed by atoms with Gasteiger partial charge in [-0.15, -0.1) is 0 Å². The van der Waals surface area contributed by atoms with E-state index < -0.39 is 0 Å². The van der Waals surface area contributed by atoms with Crippen molar-refractivity contribution < 1.29 is 5.11 Å². The lowest BCUT2D eigenvalue weighted by atomic mass is 9.44. The lowest BCUT2D eigenvalue weighted by Crippen LogP contribution is -2.51. The quantitative estimate of drug-likeness (QED) is 0.630. The van der Waals surface area contributed by atoms with Crippen LogP contribution < -0.4 is 0 Å². The van der Waals surface area contributed by atoms with Gasteiger partial charge in [0, 0.05) is 5.92 Å². The predicted octanol–water partition coefficient (Wildman–Crippen LogP) is 4.87. The van der Waals surface area contributed by atoms with Gasteiger partial charge in [0.1, 0.15) is 0 Å². The van der Waals surface area contributed by atoms with Crippen molar-refractivity contribution in [1.29, 1.82) is 0 Å². The molecule has 0 saturated heterocycles. The Bertz CT molecular complexity index is 528. The van der Waals surface area contributed by atoms with Gasteiger partial charge >= 0.3 is 0 Å². The van der Waals surface area contributed by atoms with Gasteiger partial charge in [0.05, 0.1) is 6.10 Å². The van der Waals surface area contributed by atoms with Crippen LogP contribution in [0.15, 0.2) is 23.8 Å². The van der Waals surface area contributed by atoms with Gasteiger partial charge in [-0.1, -0.05) is 51.0 Å². The second kappa shape index (κ2) is 4.04. The van der Waals surface area contributed by atoms with Crippen molar-refractivity contribution in [3.8, 4) is 0 Å². The fourth-order valence-electron chi connectivity index (χ4n) is 6.93. The third-order valence-corrected chi connectivity index (χ3v) is 7.78. The lowest BCUT2D eigenvalue weighted by Gasteiger charge is -2.60. The van der Waals surface area contributed by atoms with E-state index in [4.69, 9.17) is 0 Å². The van der Waals surface area contributed by atoms with Gasteiger partial charge < -0.3 is 5.11 Å². The molecule has 3 saturated carbocycles. The van der Waals surface area contributed by atoms with Gasteiger partial charge in [-0.25, -0.2) is 0 Å². The predicted molar refractivity (Wildman–Crippen MR) is 86.8 cm³/mol. The van der Waals surface area contributed by atoms with Gasteiger partial charge in [0.2, 0.25) is 0 Å². The van der Waals surface area contributed by atoms with Crippen molar-refractivity contribution >= 4 is 0 Å². The first-order valence-corrected chi connectivity index (χ1v) is 8.87. The highest BCUT2D eigenvalue weighted by Gasteiger charge is 2.60. The zero-order valence-corrected chi connectivity index (χ0v) is 13.9. The minimum atomic E-state index is -0.274. The molecule has 4 rings (SSSR count). The molecule has 1 spiro atoms. The first kappa shape index (κ1) is 14.1. The maximum absolute atomic E-state index is 10.6. The molecule has 4 aliphatic carbocycles. The van der Waals surface area contributed by atoms with E-state index in [1.165, 1.54) is 44.1 Å². The number of aliphatic hydroxyl groups is 1. The van der Waals surface area contributed by atoms with Crippen molar-refractivity contribution in [3.63, 3.8) is 0 Å². The van der Waals surface area contributed by atoms with E-state index in [9.17, 15) is 5.11 Å². The van der Waals surface area contributed by atoms with E-state index in [2.05, 4.69) is 33.4 Å². The highest BCUT2D eigenvalue weighted by atomic mass is 16.3. The Morgan fingerprint density at radius 3 is 2.71 bits per heavy atom. The van der Waals surface area contributed by atoms with Crippen LogP contribution in [0.25, 0.3) is 0 Å². The minimum Gasteiger partial charge on any atom is -0.388 e. The standard InChI is InChI=1S/C20H30O/c1-13-11-20-9-6-16-18(2,3)7-5-8-19(16,4)17(20)10-15(21)14(13)12-20/h10,14-16,21H,1,5-9,11-12H2,2-4H3/t14-,15-,16-,19-,20-/m1/s1. The van der Waals surface area contributed by atoms with E-state index in [0.29, 0.717) is 22.2 Å². The summed E-state index contributed by atoms with van der Waals surface area (Å²) in [6.45, 7) is 11.8. The van der Waals surface area contributed by atoms with Gasteiger partial charge in [-0.05, 0) is 60.7 Å². The fraction of sp³-hybridized carbons (Fsp3) is 0.800. The molecule has 0 amide bonds. The highest BCUT2D eigenvalue weighted by molar-refractivity contribution is 5.39. The molecule has 0 aromatic heterocycles. The van der Waals surface area contributed by atoms with Crippen LogP contribution in [0.1, 0.15) is 65.7 Å². The molecule has 0 radical (unpaired) electrons. The molecule has 21 heavy (non-hydrogen) atoms. The Hall–Kier alpha value is -0.560. The van der Waals surface area contributed by atoms with Crippen LogP contribution in [0.3, 0.4) is 0 Å². The second-order valence-corrected chi connectivity index (χ2v) is 9.35. The molecule has 1 N–H and O–H groups in total. The summed E-state index contributed by atoms with van der Waals surface area (Å²) in [4.78, 5) is 0. The lowest BCUT2D eigenvalue weighted by molar-refractivity contribution is -0.0357. The maximum atomic E-state index is 10.6. The number of hydrogen-bond acceptors (Lipinski definition) is 1. The average Bonchev–Trinajstić information content (AvgIpc) is 2.66. The second-order valence-electron chi connectivity index (χ2n) is 9.35. The summed E-state index contributed by atoms with van der Waals surface area (Å²) >= 11 is 0. The first-order chi connectivity index (χ1) is 9.79. The Labute approximate surface area is 129 Å². The molecule has 0 heterocycles. The smallest absolute Gasteiger partial charge is 0.0789 e. The fourth-order valence-corrected chi connectivity index (χ4v) is 6.93. The maximum Gasteiger partial charge on any atom is 0.0789 e. The molecule has 116 valence electrons. The number of hydrogen-bond donors (Lipinski definition) is 1. The van der Waals surface area contributed by atoms with E-state index in [1.807, 2.05) is 0 Å². The third kappa shape index (κ3) is 1.67. The van der Waals surface area contributed by atoms with E-state index in [-0.39, 0.29) is 6.10 Å².